The molecule has 1 amide bonds. The third-order valence-electron chi connectivity index (χ3n) is 2.92. The highest BCUT2D eigenvalue weighted by molar-refractivity contribution is 7.85. The van der Waals surface area contributed by atoms with Crippen LogP contribution in [0.15, 0.2) is 59.5 Å². The molecule has 0 bridgehead atoms. The van der Waals surface area contributed by atoms with Gasteiger partial charge in [0.15, 0.2) is 0 Å². The Morgan fingerprint density at radius 1 is 1.09 bits per heavy atom. The number of nitrogens with one attached hydrogen (secondary N) is 1. The molecule has 1 unspecified atom stereocenters. The number of benzene rings is 2. The first kappa shape index (κ1) is 17.1. The van der Waals surface area contributed by atoms with Crippen LogP contribution in [0.2, 0.25) is 0 Å². The second-order valence-corrected chi connectivity index (χ2v) is 6.09. The highest BCUT2D eigenvalue weighted by Crippen LogP contribution is 2.14. The molecule has 1 atom stereocenters. The second kappa shape index (κ2) is 8.38. The minimum Gasteiger partial charge on any atom is -0.435 e. The van der Waals surface area contributed by atoms with Crippen molar-refractivity contribution in [2.75, 3.05) is 12.3 Å². The van der Waals surface area contributed by atoms with Crippen LogP contribution in [0.5, 0.6) is 5.75 Å². The van der Waals surface area contributed by atoms with Crippen LogP contribution in [0.4, 0.5) is 8.78 Å². The molecule has 1 N–H and O–H groups in total. The molecule has 0 radical (unpaired) electrons. The van der Waals surface area contributed by atoms with Crippen molar-refractivity contribution in [3.05, 3.63) is 60.2 Å². The van der Waals surface area contributed by atoms with E-state index in [-0.39, 0.29) is 18.2 Å². The minimum atomic E-state index is -2.90. The molecule has 4 nitrogen and oxygen atoms in total. The zero-order valence-electron chi connectivity index (χ0n) is 12.1. The predicted molar refractivity (Wildman–Crippen MR) is 83.1 cm³/mol. The Bertz CT molecular complexity index is 663. The van der Waals surface area contributed by atoms with E-state index in [1.165, 1.54) is 24.3 Å². The quantitative estimate of drug-likeness (QED) is 0.844. The van der Waals surface area contributed by atoms with E-state index < -0.39 is 17.4 Å². The summed E-state index contributed by atoms with van der Waals surface area (Å²) < 4.78 is 40.3. The smallest absolute Gasteiger partial charge is 0.387 e. The van der Waals surface area contributed by atoms with E-state index in [0.29, 0.717) is 16.2 Å². The van der Waals surface area contributed by atoms with Gasteiger partial charge in [0.2, 0.25) is 0 Å². The molecule has 0 saturated heterocycles. The van der Waals surface area contributed by atoms with Gasteiger partial charge in [-0.1, -0.05) is 18.2 Å². The number of hydrogen-bond donors (Lipinski definition) is 1. The van der Waals surface area contributed by atoms with Gasteiger partial charge in [0.05, 0.1) is 10.8 Å². The molecule has 23 heavy (non-hydrogen) atoms. The molecular formula is C16H15F2NO3S. The van der Waals surface area contributed by atoms with Crippen LogP contribution >= 0.6 is 0 Å². The Kier molecular flexibility index (Phi) is 6.22. The number of rotatable bonds is 7. The summed E-state index contributed by atoms with van der Waals surface area (Å²) in [5.41, 5.74) is 0.317. The topological polar surface area (TPSA) is 55.4 Å². The van der Waals surface area contributed by atoms with Crippen LogP contribution in [0.3, 0.4) is 0 Å². The maximum Gasteiger partial charge on any atom is 0.387 e. The van der Waals surface area contributed by atoms with Crippen LogP contribution < -0.4 is 10.1 Å². The lowest BCUT2D eigenvalue weighted by molar-refractivity contribution is -0.0498. The normalized spacial score (nSPS) is 12.0. The molecule has 2 rings (SSSR count). The van der Waals surface area contributed by atoms with Crippen LogP contribution in [0.1, 0.15) is 10.4 Å². The summed E-state index contributed by atoms with van der Waals surface area (Å²) in [6.45, 7) is -2.65. The monoisotopic (exact) mass is 339 g/mol. The van der Waals surface area contributed by atoms with E-state index in [4.69, 9.17) is 0 Å². The highest BCUT2D eigenvalue weighted by atomic mass is 32.2. The number of halogens is 2. The third-order valence-corrected chi connectivity index (χ3v) is 4.29. The Labute approximate surface area is 134 Å². The number of alkyl halides is 2. The van der Waals surface area contributed by atoms with Crippen LogP contribution in [0, 0.1) is 0 Å². The van der Waals surface area contributed by atoms with Gasteiger partial charge in [-0.05, 0) is 36.4 Å². The summed E-state index contributed by atoms with van der Waals surface area (Å²) >= 11 is 0. The molecule has 0 aliphatic carbocycles. The van der Waals surface area contributed by atoms with E-state index in [0.717, 1.165) is 0 Å². The van der Waals surface area contributed by atoms with Gasteiger partial charge in [0.1, 0.15) is 5.75 Å². The molecule has 2 aromatic rings. The lowest BCUT2D eigenvalue weighted by Crippen LogP contribution is -2.27. The fourth-order valence-electron chi connectivity index (χ4n) is 1.84. The van der Waals surface area contributed by atoms with Crippen molar-refractivity contribution in [3.63, 3.8) is 0 Å². The fourth-order valence-corrected chi connectivity index (χ4v) is 2.82. The van der Waals surface area contributed by atoms with Crippen molar-refractivity contribution in [1.29, 1.82) is 0 Å². The molecule has 0 aliphatic heterocycles. The molecule has 0 saturated carbocycles. The number of carbonyl (C=O) groups is 1. The Morgan fingerprint density at radius 3 is 2.35 bits per heavy atom. The van der Waals surface area contributed by atoms with E-state index in [2.05, 4.69) is 10.1 Å². The van der Waals surface area contributed by atoms with Crippen molar-refractivity contribution in [1.82, 2.24) is 5.32 Å². The summed E-state index contributed by atoms with van der Waals surface area (Å²) in [7, 11) is -1.18. The fraction of sp³-hybridized carbons (Fsp3) is 0.188. The van der Waals surface area contributed by atoms with Gasteiger partial charge in [-0.15, -0.1) is 0 Å². The molecule has 122 valence electrons. The Morgan fingerprint density at radius 2 is 1.74 bits per heavy atom. The molecule has 0 spiro atoms. The molecule has 0 heterocycles. The summed E-state index contributed by atoms with van der Waals surface area (Å²) in [5.74, 6) is -0.0807. The summed E-state index contributed by atoms with van der Waals surface area (Å²) in [5, 5.41) is 2.64. The summed E-state index contributed by atoms with van der Waals surface area (Å²) in [6, 6.07) is 14.3. The first-order chi connectivity index (χ1) is 11.1. The van der Waals surface area contributed by atoms with Gasteiger partial charge in [0.25, 0.3) is 5.91 Å². The van der Waals surface area contributed by atoms with Gasteiger partial charge < -0.3 is 10.1 Å². The van der Waals surface area contributed by atoms with Crippen LogP contribution in [-0.4, -0.2) is 29.0 Å². The van der Waals surface area contributed by atoms with E-state index in [9.17, 15) is 17.8 Å². The number of amides is 1. The maximum atomic E-state index is 12.0. The van der Waals surface area contributed by atoms with Gasteiger partial charge in [0, 0.05) is 22.8 Å². The van der Waals surface area contributed by atoms with E-state index >= 15 is 0 Å². The Balaban J connectivity index is 1.82. The van der Waals surface area contributed by atoms with E-state index in [1.54, 1.807) is 24.3 Å². The van der Waals surface area contributed by atoms with Crippen LogP contribution in [-0.2, 0) is 10.8 Å². The highest BCUT2D eigenvalue weighted by Gasteiger charge is 2.09. The Hall–Kier alpha value is -2.28. The van der Waals surface area contributed by atoms with Gasteiger partial charge in [-0.25, -0.2) is 0 Å². The summed E-state index contributed by atoms with van der Waals surface area (Å²) in [6.07, 6.45) is 0. The van der Waals surface area contributed by atoms with Crippen molar-refractivity contribution in [2.45, 2.75) is 11.5 Å². The molecule has 0 fully saturated rings. The molecule has 0 aliphatic rings. The zero-order chi connectivity index (χ0) is 16.7. The molecule has 0 aromatic heterocycles. The molecule has 2 aromatic carbocycles. The molecule has 7 heteroatoms. The minimum absolute atomic E-state index is 0.0123. The third kappa shape index (κ3) is 5.45. The van der Waals surface area contributed by atoms with Crippen molar-refractivity contribution in [3.8, 4) is 5.75 Å². The second-order valence-electron chi connectivity index (χ2n) is 4.52. The number of ether oxygens (including phenoxy) is 1. The van der Waals surface area contributed by atoms with Crippen molar-refractivity contribution < 1.29 is 22.5 Å². The standard InChI is InChI=1S/C16H15F2NO3S/c17-16(18)22-13-8-6-12(7-9-13)15(20)19-10-11-23(21)14-4-2-1-3-5-14/h1-9,16H,10-11H2,(H,19,20). The predicted octanol–water partition coefficient (Wildman–Crippen LogP) is 2.83. The van der Waals surface area contributed by atoms with Gasteiger partial charge in [-0.2, -0.15) is 8.78 Å². The lowest BCUT2D eigenvalue weighted by atomic mass is 10.2. The average molecular weight is 339 g/mol. The number of carbonyl (C=O) groups excluding carboxylic acids is 1. The van der Waals surface area contributed by atoms with Crippen molar-refractivity contribution in [2.24, 2.45) is 0 Å². The summed E-state index contributed by atoms with van der Waals surface area (Å²) in [4.78, 5) is 12.6. The van der Waals surface area contributed by atoms with Crippen molar-refractivity contribution >= 4 is 16.7 Å². The average Bonchev–Trinajstić information content (AvgIpc) is 2.55. The maximum absolute atomic E-state index is 12.0. The van der Waals surface area contributed by atoms with Gasteiger partial charge in [-0.3, -0.25) is 9.00 Å². The lowest BCUT2D eigenvalue weighted by Gasteiger charge is -2.07. The molecular weight excluding hydrogens is 324 g/mol. The SMILES string of the molecule is O=C(NCCS(=O)c1ccccc1)c1ccc(OC(F)F)cc1. The van der Waals surface area contributed by atoms with E-state index in [1.807, 2.05) is 6.07 Å². The first-order valence-electron chi connectivity index (χ1n) is 6.83. The number of hydrogen-bond acceptors (Lipinski definition) is 3. The zero-order valence-corrected chi connectivity index (χ0v) is 12.9. The largest absolute Gasteiger partial charge is 0.435 e. The van der Waals surface area contributed by atoms with Gasteiger partial charge >= 0.3 is 6.61 Å². The first-order valence-corrected chi connectivity index (χ1v) is 8.14. The van der Waals surface area contributed by atoms with Crippen LogP contribution in [0.25, 0.3) is 0 Å².